The lowest BCUT2D eigenvalue weighted by Gasteiger charge is -2.45. The van der Waals surface area contributed by atoms with Crippen molar-refractivity contribution in [3.05, 3.63) is 215 Å². The third-order valence-corrected chi connectivity index (χ3v) is 9.47. The van der Waals surface area contributed by atoms with Gasteiger partial charge in [0.05, 0.1) is 26.4 Å². The third-order valence-electron chi connectivity index (χ3n) is 9.47. The molecule has 6 aromatic rings. The Morgan fingerprint density at radius 2 is 0.750 bits per heavy atom. The second-order valence-electron chi connectivity index (χ2n) is 12.9. The zero-order chi connectivity index (χ0) is 35.4. The summed E-state index contributed by atoms with van der Waals surface area (Å²) in [5.41, 5.74) is 4.87. The number of benzene rings is 6. The largest absolute Gasteiger partial charge is 0.368 e. The summed E-state index contributed by atoms with van der Waals surface area (Å²) in [6, 6.07) is 60.5. The van der Waals surface area contributed by atoms with Crippen molar-refractivity contribution in [2.24, 2.45) is 0 Å². The van der Waals surface area contributed by atoms with E-state index in [1.54, 1.807) is 0 Å². The molecule has 1 saturated heterocycles. The van der Waals surface area contributed by atoms with E-state index in [4.69, 9.17) is 23.7 Å². The predicted molar refractivity (Wildman–Crippen MR) is 201 cm³/mol. The molecule has 1 N–H and O–H groups in total. The van der Waals surface area contributed by atoms with E-state index in [-0.39, 0.29) is 13.2 Å². The number of hydrogen-bond donors (Lipinski definition) is 1. The minimum Gasteiger partial charge on any atom is -0.368 e. The first-order chi connectivity index (χ1) is 25.7. The third kappa shape index (κ3) is 8.41. The fraction of sp³-hybridized carbons (Fsp3) is 0.217. The first-order valence-corrected chi connectivity index (χ1v) is 17.8. The van der Waals surface area contributed by atoms with Gasteiger partial charge in [-0.25, -0.2) is 0 Å². The van der Waals surface area contributed by atoms with E-state index in [1.165, 1.54) is 0 Å². The maximum atomic E-state index is 11.7. The number of aliphatic hydroxyl groups excluding tert-OH is 1. The van der Waals surface area contributed by atoms with Gasteiger partial charge in [0.15, 0.2) is 6.29 Å². The van der Waals surface area contributed by atoms with Gasteiger partial charge in [0.2, 0.25) is 0 Å². The molecule has 0 radical (unpaired) electrons. The highest BCUT2D eigenvalue weighted by atomic mass is 16.7. The van der Waals surface area contributed by atoms with Gasteiger partial charge in [-0.1, -0.05) is 182 Å². The molecule has 0 spiro atoms. The van der Waals surface area contributed by atoms with E-state index < -0.39 is 36.3 Å². The summed E-state index contributed by atoms with van der Waals surface area (Å²) in [5, 5.41) is 11.7. The summed E-state index contributed by atoms with van der Waals surface area (Å²) in [5.74, 6) is 0. The molecule has 7 rings (SSSR count). The molecule has 1 heterocycles. The molecule has 0 unspecified atom stereocenters. The Kier molecular flexibility index (Phi) is 12.0. The molecule has 6 aromatic carbocycles. The molecule has 6 heteroatoms. The fourth-order valence-electron chi connectivity index (χ4n) is 6.87. The Bertz CT molecular complexity index is 1800. The van der Waals surface area contributed by atoms with Crippen LogP contribution in [-0.4, -0.2) is 42.4 Å². The standard InChI is InChI=1S/C46H44O6/c47-45-44(50-33-37-23-11-3-12-24-37)43(49-32-36-21-9-2-10-22-36)42(48-31-35-19-7-1-8-20-35)41(52-45)34-51-46(38-25-13-4-14-26-38,39-27-15-5-16-28-39)40-29-17-6-18-30-40/h1-30,41-45,47H,31-34H2/t41-,42-,43+,44-,45-/m1/s1. The highest BCUT2D eigenvalue weighted by molar-refractivity contribution is 5.47. The van der Waals surface area contributed by atoms with Crippen molar-refractivity contribution in [2.45, 2.75) is 56.1 Å². The molecule has 0 saturated carbocycles. The van der Waals surface area contributed by atoms with E-state index in [0.717, 1.165) is 33.4 Å². The van der Waals surface area contributed by atoms with Crippen molar-refractivity contribution < 1.29 is 28.8 Å². The van der Waals surface area contributed by atoms with Gasteiger partial charge in [-0.2, -0.15) is 0 Å². The monoisotopic (exact) mass is 692 g/mol. The lowest BCUT2D eigenvalue weighted by molar-refractivity contribution is -0.319. The van der Waals surface area contributed by atoms with Crippen LogP contribution in [-0.2, 0) is 49.1 Å². The first-order valence-electron chi connectivity index (χ1n) is 17.8. The van der Waals surface area contributed by atoms with Gasteiger partial charge in [-0.3, -0.25) is 0 Å². The number of rotatable bonds is 15. The topological polar surface area (TPSA) is 66.4 Å². The highest BCUT2D eigenvalue weighted by Gasteiger charge is 2.49. The van der Waals surface area contributed by atoms with Crippen LogP contribution in [0.4, 0.5) is 0 Å². The Labute approximate surface area is 306 Å². The van der Waals surface area contributed by atoms with Gasteiger partial charge in [0.25, 0.3) is 0 Å². The molecule has 1 aliphatic heterocycles. The quantitative estimate of drug-likeness (QED) is 0.109. The zero-order valence-corrected chi connectivity index (χ0v) is 29.0. The molecule has 5 atom stereocenters. The molecular weight excluding hydrogens is 649 g/mol. The van der Waals surface area contributed by atoms with Crippen molar-refractivity contribution in [1.29, 1.82) is 0 Å². The van der Waals surface area contributed by atoms with Gasteiger partial charge in [0, 0.05) is 0 Å². The van der Waals surface area contributed by atoms with Gasteiger partial charge in [-0.05, 0) is 33.4 Å². The number of hydrogen-bond acceptors (Lipinski definition) is 6. The average molecular weight is 693 g/mol. The molecule has 1 aliphatic rings. The maximum Gasteiger partial charge on any atom is 0.184 e. The van der Waals surface area contributed by atoms with Crippen LogP contribution in [0.2, 0.25) is 0 Å². The van der Waals surface area contributed by atoms with E-state index in [1.807, 2.05) is 146 Å². The van der Waals surface area contributed by atoms with Crippen molar-refractivity contribution >= 4 is 0 Å². The van der Waals surface area contributed by atoms with E-state index in [2.05, 4.69) is 36.4 Å². The van der Waals surface area contributed by atoms with E-state index in [0.29, 0.717) is 13.2 Å². The second kappa shape index (κ2) is 17.5. The Balaban J connectivity index is 1.25. The van der Waals surface area contributed by atoms with Crippen LogP contribution in [0.15, 0.2) is 182 Å². The molecule has 52 heavy (non-hydrogen) atoms. The SMILES string of the molecule is O[C@@H]1O[C@H](COC(c2ccccc2)(c2ccccc2)c2ccccc2)[C@@H](OCc2ccccc2)[C@H](OCc2ccccc2)[C@H]1OCc1ccccc1. The minimum absolute atomic E-state index is 0.0752. The zero-order valence-electron chi connectivity index (χ0n) is 29.0. The van der Waals surface area contributed by atoms with Crippen LogP contribution >= 0.6 is 0 Å². The summed E-state index contributed by atoms with van der Waals surface area (Å²) < 4.78 is 33.6. The van der Waals surface area contributed by atoms with Crippen LogP contribution < -0.4 is 0 Å². The van der Waals surface area contributed by atoms with Gasteiger partial charge < -0.3 is 28.8 Å². The molecule has 0 amide bonds. The molecule has 6 nitrogen and oxygen atoms in total. The summed E-state index contributed by atoms with van der Waals surface area (Å²) in [7, 11) is 0. The number of aliphatic hydroxyl groups is 1. The Morgan fingerprint density at radius 3 is 1.13 bits per heavy atom. The Morgan fingerprint density at radius 1 is 0.423 bits per heavy atom. The van der Waals surface area contributed by atoms with Crippen molar-refractivity contribution in [1.82, 2.24) is 0 Å². The molecular formula is C46H44O6. The van der Waals surface area contributed by atoms with Gasteiger partial charge in [0.1, 0.15) is 30.0 Å². The molecule has 1 fully saturated rings. The fourth-order valence-corrected chi connectivity index (χ4v) is 6.87. The molecule has 264 valence electrons. The highest BCUT2D eigenvalue weighted by Crippen LogP contribution is 2.41. The summed E-state index contributed by atoms with van der Waals surface area (Å²) in [6.07, 6.45) is -4.26. The lowest BCUT2D eigenvalue weighted by atomic mass is 9.80. The van der Waals surface area contributed by atoms with E-state index >= 15 is 0 Å². The van der Waals surface area contributed by atoms with Crippen LogP contribution in [0.5, 0.6) is 0 Å². The normalized spacial score (nSPS) is 20.4. The van der Waals surface area contributed by atoms with Crippen LogP contribution in [0, 0.1) is 0 Å². The first kappa shape index (κ1) is 35.5. The van der Waals surface area contributed by atoms with Gasteiger partial charge >= 0.3 is 0 Å². The van der Waals surface area contributed by atoms with Crippen LogP contribution in [0.3, 0.4) is 0 Å². The summed E-state index contributed by atoms with van der Waals surface area (Å²) >= 11 is 0. The Hall–Kier alpha value is -4.92. The number of ether oxygens (including phenoxy) is 5. The van der Waals surface area contributed by atoms with Gasteiger partial charge in [-0.15, -0.1) is 0 Å². The minimum atomic E-state index is -1.31. The molecule has 0 aromatic heterocycles. The molecule has 0 bridgehead atoms. The predicted octanol–water partition coefficient (Wildman–Crippen LogP) is 8.47. The smallest absolute Gasteiger partial charge is 0.184 e. The maximum absolute atomic E-state index is 11.7. The lowest BCUT2D eigenvalue weighted by Crippen LogP contribution is -2.61. The average Bonchev–Trinajstić information content (AvgIpc) is 3.22. The van der Waals surface area contributed by atoms with Crippen LogP contribution in [0.25, 0.3) is 0 Å². The van der Waals surface area contributed by atoms with Crippen LogP contribution in [0.1, 0.15) is 33.4 Å². The van der Waals surface area contributed by atoms with Crippen molar-refractivity contribution in [2.75, 3.05) is 6.61 Å². The summed E-state index contributed by atoms with van der Waals surface area (Å²) in [6.45, 7) is 0.943. The molecule has 0 aliphatic carbocycles. The van der Waals surface area contributed by atoms with E-state index in [9.17, 15) is 5.11 Å². The second-order valence-corrected chi connectivity index (χ2v) is 12.9. The van der Waals surface area contributed by atoms with Crippen molar-refractivity contribution in [3.63, 3.8) is 0 Å². The van der Waals surface area contributed by atoms with Crippen molar-refractivity contribution in [3.8, 4) is 0 Å². The summed E-state index contributed by atoms with van der Waals surface area (Å²) in [4.78, 5) is 0.